The van der Waals surface area contributed by atoms with Crippen LogP contribution in [0.5, 0.6) is 0 Å². The summed E-state index contributed by atoms with van der Waals surface area (Å²) in [5.74, 6) is 3.06. The van der Waals surface area contributed by atoms with Gasteiger partial charge in [0, 0.05) is 0 Å². The molecule has 0 spiro atoms. The number of hydrogen-bond donors (Lipinski definition) is 2. The summed E-state index contributed by atoms with van der Waals surface area (Å²) in [5, 5.41) is 0. The predicted octanol–water partition coefficient (Wildman–Crippen LogP) is 1.59. The van der Waals surface area contributed by atoms with Gasteiger partial charge in [0.15, 0.2) is 0 Å². The van der Waals surface area contributed by atoms with Gasteiger partial charge in [-0.05, 0) is 49.6 Å². The molecule has 0 heterocycles. The van der Waals surface area contributed by atoms with Crippen LogP contribution in [-0.4, -0.2) is 13.1 Å². The van der Waals surface area contributed by atoms with Gasteiger partial charge in [-0.2, -0.15) is 0 Å². The van der Waals surface area contributed by atoms with Gasteiger partial charge in [-0.15, -0.1) is 0 Å². The zero-order valence-electron chi connectivity index (χ0n) is 9.00. The van der Waals surface area contributed by atoms with Gasteiger partial charge in [0.2, 0.25) is 0 Å². The Balaban J connectivity index is 2.61. The van der Waals surface area contributed by atoms with Crippen LogP contribution in [0.2, 0.25) is 0 Å². The van der Waals surface area contributed by atoms with Gasteiger partial charge in [-0.1, -0.05) is 20.3 Å². The standard InChI is InChI=1S/C11H24N2/c1-3-11-9(6-12)4-8(2)5-10(11)7-13/h8-11H,3-7,12-13H2,1-2H3. The first-order valence-electron chi connectivity index (χ1n) is 5.63. The molecule has 0 aliphatic heterocycles. The molecule has 78 valence electrons. The lowest BCUT2D eigenvalue weighted by Crippen LogP contribution is -2.39. The monoisotopic (exact) mass is 184 g/mol. The molecular formula is C11H24N2. The van der Waals surface area contributed by atoms with Crippen LogP contribution < -0.4 is 11.5 Å². The van der Waals surface area contributed by atoms with Gasteiger partial charge in [0.25, 0.3) is 0 Å². The van der Waals surface area contributed by atoms with E-state index in [1.165, 1.54) is 19.3 Å². The van der Waals surface area contributed by atoms with Crippen LogP contribution in [0, 0.1) is 23.7 Å². The highest BCUT2D eigenvalue weighted by atomic mass is 14.6. The highest BCUT2D eigenvalue weighted by molar-refractivity contribution is 4.85. The molecule has 1 aliphatic rings. The third kappa shape index (κ3) is 2.44. The summed E-state index contributed by atoms with van der Waals surface area (Å²) < 4.78 is 0. The Labute approximate surface area is 82.1 Å². The molecule has 13 heavy (non-hydrogen) atoms. The summed E-state index contributed by atoms with van der Waals surface area (Å²) in [6.45, 7) is 6.29. The Morgan fingerprint density at radius 3 is 1.85 bits per heavy atom. The fraction of sp³-hybridized carbons (Fsp3) is 1.00. The zero-order chi connectivity index (χ0) is 9.84. The molecule has 0 aromatic rings. The van der Waals surface area contributed by atoms with E-state index in [2.05, 4.69) is 13.8 Å². The molecule has 0 saturated heterocycles. The van der Waals surface area contributed by atoms with Gasteiger partial charge in [-0.25, -0.2) is 0 Å². The predicted molar refractivity (Wildman–Crippen MR) is 57.3 cm³/mol. The van der Waals surface area contributed by atoms with E-state index in [-0.39, 0.29) is 0 Å². The lowest BCUT2D eigenvalue weighted by Gasteiger charge is -2.40. The molecule has 2 nitrogen and oxygen atoms in total. The van der Waals surface area contributed by atoms with Crippen molar-refractivity contribution in [1.82, 2.24) is 0 Å². The van der Waals surface area contributed by atoms with E-state index in [0.29, 0.717) is 0 Å². The molecular weight excluding hydrogens is 160 g/mol. The topological polar surface area (TPSA) is 52.0 Å². The van der Waals surface area contributed by atoms with Crippen molar-refractivity contribution < 1.29 is 0 Å². The van der Waals surface area contributed by atoms with Crippen LogP contribution in [0.15, 0.2) is 0 Å². The molecule has 0 amide bonds. The summed E-state index contributed by atoms with van der Waals surface area (Å²) >= 11 is 0. The smallest absolute Gasteiger partial charge is 0.00460 e. The maximum Gasteiger partial charge on any atom is -0.00460 e. The second-order valence-electron chi connectivity index (χ2n) is 4.64. The molecule has 2 heteroatoms. The first-order chi connectivity index (χ1) is 6.22. The molecule has 0 radical (unpaired) electrons. The van der Waals surface area contributed by atoms with Crippen LogP contribution in [0.3, 0.4) is 0 Å². The molecule has 4 N–H and O–H groups in total. The van der Waals surface area contributed by atoms with E-state index in [9.17, 15) is 0 Å². The van der Waals surface area contributed by atoms with E-state index in [4.69, 9.17) is 11.5 Å². The summed E-state index contributed by atoms with van der Waals surface area (Å²) in [6, 6.07) is 0. The maximum absolute atomic E-state index is 5.81. The highest BCUT2D eigenvalue weighted by Crippen LogP contribution is 2.38. The normalized spacial score (nSPS) is 40.6. The minimum atomic E-state index is 0.724. The molecule has 0 bridgehead atoms. The molecule has 1 aliphatic carbocycles. The van der Waals surface area contributed by atoms with Crippen molar-refractivity contribution in [3.05, 3.63) is 0 Å². The molecule has 2 atom stereocenters. The molecule has 2 unspecified atom stereocenters. The van der Waals surface area contributed by atoms with Crippen molar-refractivity contribution in [1.29, 1.82) is 0 Å². The second-order valence-corrected chi connectivity index (χ2v) is 4.64. The van der Waals surface area contributed by atoms with Gasteiger partial charge >= 0.3 is 0 Å². The molecule has 1 saturated carbocycles. The first kappa shape index (κ1) is 11.0. The van der Waals surface area contributed by atoms with Gasteiger partial charge in [0.05, 0.1) is 0 Å². The number of rotatable bonds is 3. The van der Waals surface area contributed by atoms with Crippen LogP contribution in [0.4, 0.5) is 0 Å². The van der Waals surface area contributed by atoms with Crippen LogP contribution >= 0.6 is 0 Å². The van der Waals surface area contributed by atoms with Gasteiger partial charge in [-0.3, -0.25) is 0 Å². The Morgan fingerprint density at radius 2 is 1.54 bits per heavy atom. The SMILES string of the molecule is CCC1C(CN)CC(C)CC1CN. The Kier molecular flexibility index (Phi) is 4.20. The van der Waals surface area contributed by atoms with Gasteiger partial charge in [0.1, 0.15) is 0 Å². The van der Waals surface area contributed by atoms with Crippen molar-refractivity contribution >= 4 is 0 Å². The third-order valence-corrected chi connectivity index (χ3v) is 3.70. The van der Waals surface area contributed by atoms with Crippen LogP contribution in [0.1, 0.15) is 33.1 Å². The average molecular weight is 184 g/mol. The fourth-order valence-corrected chi connectivity index (χ4v) is 3.07. The third-order valence-electron chi connectivity index (χ3n) is 3.70. The average Bonchev–Trinajstić information content (AvgIpc) is 2.16. The maximum atomic E-state index is 5.81. The number of hydrogen-bond acceptors (Lipinski definition) is 2. The van der Waals surface area contributed by atoms with E-state index >= 15 is 0 Å². The molecule has 1 rings (SSSR count). The lowest BCUT2D eigenvalue weighted by molar-refractivity contribution is 0.118. The largest absolute Gasteiger partial charge is 0.330 e. The summed E-state index contributed by atoms with van der Waals surface area (Å²) in [7, 11) is 0. The number of nitrogens with two attached hydrogens (primary N) is 2. The minimum absolute atomic E-state index is 0.724. The zero-order valence-corrected chi connectivity index (χ0v) is 9.00. The molecule has 0 aromatic carbocycles. The lowest BCUT2D eigenvalue weighted by atomic mass is 9.67. The summed E-state index contributed by atoms with van der Waals surface area (Å²) in [5.41, 5.74) is 11.6. The van der Waals surface area contributed by atoms with E-state index < -0.39 is 0 Å². The van der Waals surface area contributed by atoms with E-state index in [0.717, 1.165) is 36.8 Å². The van der Waals surface area contributed by atoms with Crippen molar-refractivity contribution in [3.8, 4) is 0 Å². The van der Waals surface area contributed by atoms with Crippen molar-refractivity contribution in [2.45, 2.75) is 33.1 Å². The van der Waals surface area contributed by atoms with Crippen molar-refractivity contribution in [2.24, 2.45) is 35.1 Å². The van der Waals surface area contributed by atoms with E-state index in [1.54, 1.807) is 0 Å². The highest BCUT2D eigenvalue weighted by Gasteiger charge is 2.33. The Hall–Kier alpha value is -0.0800. The first-order valence-corrected chi connectivity index (χ1v) is 5.63. The molecule has 0 aromatic heterocycles. The minimum Gasteiger partial charge on any atom is -0.330 e. The Bertz CT molecular complexity index is 133. The van der Waals surface area contributed by atoms with Crippen molar-refractivity contribution in [2.75, 3.05) is 13.1 Å². The van der Waals surface area contributed by atoms with Crippen LogP contribution in [0.25, 0.3) is 0 Å². The molecule has 1 fully saturated rings. The summed E-state index contributed by atoms with van der Waals surface area (Å²) in [4.78, 5) is 0. The van der Waals surface area contributed by atoms with Crippen LogP contribution in [-0.2, 0) is 0 Å². The van der Waals surface area contributed by atoms with Gasteiger partial charge < -0.3 is 11.5 Å². The summed E-state index contributed by atoms with van der Waals surface area (Å²) in [6.07, 6.45) is 3.87. The van der Waals surface area contributed by atoms with E-state index in [1.807, 2.05) is 0 Å². The fourth-order valence-electron chi connectivity index (χ4n) is 3.07. The second kappa shape index (κ2) is 4.97. The Morgan fingerprint density at radius 1 is 1.08 bits per heavy atom. The quantitative estimate of drug-likeness (QED) is 0.700. The van der Waals surface area contributed by atoms with Crippen molar-refractivity contribution in [3.63, 3.8) is 0 Å².